The van der Waals surface area contributed by atoms with Gasteiger partial charge in [-0.25, -0.2) is 14.4 Å². The Morgan fingerprint density at radius 2 is 2.17 bits per heavy atom. The van der Waals surface area contributed by atoms with Crippen molar-refractivity contribution in [3.63, 3.8) is 0 Å². The van der Waals surface area contributed by atoms with Crippen LogP contribution >= 0.6 is 11.6 Å². The first kappa shape index (κ1) is 12.1. The second kappa shape index (κ2) is 4.85. The number of nitrogen functional groups attached to an aromatic ring is 1. The first-order chi connectivity index (χ1) is 8.63. The summed E-state index contributed by atoms with van der Waals surface area (Å²) in [6, 6.07) is 5.97. The van der Waals surface area contributed by atoms with Crippen LogP contribution in [0.3, 0.4) is 0 Å². The minimum atomic E-state index is -0.624. The van der Waals surface area contributed by atoms with Crippen LogP contribution in [0.2, 0.25) is 5.15 Å². The largest absolute Gasteiger partial charge is 0.393 e. The van der Waals surface area contributed by atoms with E-state index in [1.165, 1.54) is 24.5 Å². The Labute approximate surface area is 107 Å². The average molecular weight is 264 g/mol. The zero-order chi connectivity index (χ0) is 13.1. The van der Waals surface area contributed by atoms with Gasteiger partial charge in [-0.2, -0.15) is 5.26 Å². The summed E-state index contributed by atoms with van der Waals surface area (Å²) in [6.45, 7) is 0. The molecule has 1 aromatic heterocycles. The lowest BCUT2D eigenvalue weighted by Gasteiger charge is -2.10. The monoisotopic (exact) mass is 263 g/mol. The molecule has 0 radical (unpaired) electrons. The molecule has 1 heterocycles. The number of nitrogens with zero attached hydrogens (tertiary/aromatic N) is 3. The summed E-state index contributed by atoms with van der Waals surface area (Å²) in [4.78, 5) is 7.57. The lowest BCUT2D eigenvalue weighted by Crippen LogP contribution is -2.03. The molecule has 0 aliphatic rings. The molecule has 0 saturated heterocycles. The van der Waals surface area contributed by atoms with Gasteiger partial charge in [0.2, 0.25) is 0 Å². The third-order valence-corrected chi connectivity index (χ3v) is 2.51. The molecule has 90 valence electrons. The van der Waals surface area contributed by atoms with Gasteiger partial charge in [0.05, 0.1) is 5.69 Å². The van der Waals surface area contributed by atoms with Gasteiger partial charge in [0.25, 0.3) is 0 Å². The number of hydrogen-bond donors (Lipinski definition) is 2. The van der Waals surface area contributed by atoms with Crippen LogP contribution in [0.1, 0.15) is 5.56 Å². The van der Waals surface area contributed by atoms with E-state index in [4.69, 9.17) is 22.6 Å². The van der Waals surface area contributed by atoms with Crippen molar-refractivity contribution in [1.82, 2.24) is 9.97 Å². The number of rotatable bonds is 2. The van der Waals surface area contributed by atoms with Gasteiger partial charge in [-0.3, -0.25) is 0 Å². The highest BCUT2D eigenvalue weighted by Gasteiger charge is 2.11. The van der Waals surface area contributed by atoms with Crippen molar-refractivity contribution in [3.05, 3.63) is 41.1 Å². The molecule has 0 fully saturated rings. The number of nitrogens with one attached hydrogen (secondary N) is 1. The molecule has 18 heavy (non-hydrogen) atoms. The van der Waals surface area contributed by atoms with Crippen molar-refractivity contribution >= 4 is 28.8 Å². The van der Waals surface area contributed by atoms with Crippen molar-refractivity contribution in [3.8, 4) is 6.07 Å². The van der Waals surface area contributed by atoms with Gasteiger partial charge in [-0.1, -0.05) is 17.7 Å². The standard InChI is InChI=1S/C11H7ClFN5/c12-10-9(15)11(17-5-16-10)18-8-3-1-2-7(13)6(8)4-14/h1-3,5H,15H2,(H,16,17,18). The summed E-state index contributed by atoms with van der Waals surface area (Å²) < 4.78 is 13.4. The lowest BCUT2D eigenvalue weighted by atomic mass is 10.2. The highest BCUT2D eigenvalue weighted by molar-refractivity contribution is 6.32. The fourth-order valence-electron chi connectivity index (χ4n) is 1.34. The van der Waals surface area contributed by atoms with Gasteiger partial charge in [0, 0.05) is 0 Å². The van der Waals surface area contributed by atoms with Crippen LogP contribution in [0.25, 0.3) is 0 Å². The molecule has 7 heteroatoms. The molecule has 0 aliphatic heterocycles. The maximum atomic E-state index is 13.4. The second-order valence-corrected chi connectivity index (χ2v) is 3.68. The molecule has 5 nitrogen and oxygen atoms in total. The minimum Gasteiger partial charge on any atom is -0.393 e. The normalized spacial score (nSPS) is 9.83. The average Bonchev–Trinajstić information content (AvgIpc) is 2.35. The van der Waals surface area contributed by atoms with Crippen molar-refractivity contribution in [1.29, 1.82) is 5.26 Å². The summed E-state index contributed by atoms with van der Waals surface area (Å²) in [6.07, 6.45) is 1.21. The molecule has 0 unspecified atom stereocenters. The topological polar surface area (TPSA) is 87.6 Å². The van der Waals surface area contributed by atoms with Crippen LogP contribution in [-0.2, 0) is 0 Å². The summed E-state index contributed by atoms with van der Waals surface area (Å²) in [5.74, 6) is -0.404. The number of hydrogen-bond acceptors (Lipinski definition) is 5. The molecular weight excluding hydrogens is 257 g/mol. The molecule has 0 spiro atoms. The number of aromatic nitrogens is 2. The zero-order valence-electron chi connectivity index (χ0n) is 8.98. The van der Waals surface area contributed by atoms with Crippen LogP contribution in [0.5, 0.6) is 0 Å². The number of nitrogens with two attached hydrogens (primary N) is 1. The van der Waals surface area contributed by atoms with E-state index >= 15 is 0 Å². The van der Waals surface area contributed by atoms with Crippen LogP contribution in [0, 0.1) is 17.1 Å². The number of halogens is 2. The molecule has 0 saturated carbocycles. The SMILES string of the molecule is N#Cc1c(F)cccc1Nc1ncnc(Cl)c1N. The van der Waals surface area contributed by atoms with Gasteiger partial charge < -0.3 is 11.1 Å². The van der Waals surface area contributed by atoms with Crippen LogP contribution < -0.4 is 11.1 Å². The van der Waals surface area contributed by atoms with Crippen LogP contribution in [-0.4, -0.2) is 9.97 Å². The number of anilines is 3. The van der Waals surface area contributed by atoms with E-state index in [1.54, 1.807) is 6.07 Å². The Bertz CT molecular complexity index is 638. The molecule has 3 N–H and O–H groups in total. The molecule has 0 bridgehead atoms. The summed E-state index contributed by atoms with van der Waals surface area (Å²) >= 11 is 5.73. The fourth-order valence-corrected chi connectivity index (χ4v) is 1.48. The Morgan fingerprint density at radius 3 is 2.89 bits per heavy atom. The van der Waals surface area contributed by atoms with Gasteiger partial charge in [0.1, 0.15) is 29.5 Å². The highest BCUT2D eigenvalue weighted by atomic mass is 35.5. The predicted octanol–water partition coefficient (Wildman–Crippen LogP) is 2.47. The smallest absolute Gasteiger partial charge is 0.158 e. The molecule has 2 aromatic rings. The van der Waals surface area contributed by atoms with Crippen LogP contribution in [0.4, 0.5) is 21.6 Å². The van der Waals surface area contributed by atoms with E-state index in [-0.39, 0.29) is 27.9 Å². The highest BCUT2D eigenvalue weighted by Crippen LogP contribution is 2.27. The van der Waals surface area contributed by atoms with E-state index < -0.39 is 5.82 Å². The van der Waals surface area contributed by atoms with Gasteiger partial charge in [-0.15, -0.1) is 0 Å². The maximum Gasteiger partial charge on any atom is 0.158 e. The Hall–Kier alpha value is -2.39. The lowest BCUT2D eigenvalue weighted by molar-refractivity contribution is 0.624. The molecule has 0 atom stereocenters. The Balaban J connectivity index is 2.44. The van der Waals surface area contributed by atoms with E-state index in [1.807, 2.05) is 0 Å². The van der Waals surface area contributed by atoms with Crippen molar-refractivity contribution in [2.45, 2.75) is 0 Å². The minimum absolute atomic E-state index is 0.0856. The first-order valence-electron chi connectivity index (χ1n) is 4.85. The molecule has 1 aromatic carbocycles. The number of benzene rings is 1. The molecular formula is C11H7ClFN5. The third-order valence-electron chi connectivity index (χ3n) is 2.21. The quantitative estimate of drug-likeness (QED) is 0.813. The van der Waals surface area contributed by atoms with Gasteiger partial charge >= 0.3 is 0 Å². The summed E-state index contributed by atoms with van der Waals surface area (Å²) in [7, 11) is 0. The van der Waals surface area contributed by atoms with Gasteiger partial charge in [-0.05, 0) is 12.1 Å². The zero-order valence-corrected chi connectivity index (χ0v) is 9.74. The van der Waals surface area contributed by atoms with E-state index in [2.05, 4.69) is 15.3 Å². The predicted molar refractivity (Wildman–Crippen MR) is 65.9 cm³/mol. The molecule has 2 rings (SSSR count). The van der Waals surface area contributed by atoms with E-state index in [0.717, 1.165) is 0 Å². The van der Waals surface area contributed by atoms with Crippen LogP contribution in [0.15, 0.2) is 24.5 Å². The fraction of sp³-hybridized carbons (Fsp3) is 0. The van der Waals surface area contributed by atoms with Crippen molar-refractivity contribution in [2.24, 2.45) is 0 Å². The Kier molecular flexibility index (Phi) is 3.26. The molecule has 0 amide bonds. The summed E-state index contributed by atoms with van der Waals surface area (Å²) in [5.41, 5.74) is 5.94. The van der Waals surface area contributed by atoms with E-state index in [0.29, 0.717) is 0 Å². The van der Waals surface area contributed by atoms with Gasteiger partial charge in [0.15, 0.2) is 11.0 Å². The maximum absolute atomic E-state index is 13.4. The van der Waals surface area contributed by atoms with Crippen molar-refractivity contribution < 1.29 is 4.39 Å². The third kappa shape index (κ3) is 2.17. The molecule has 0 aliphatic carbocycles. The Morgan fingerprint density at radius 1 is 1.39 bits per heavy atom. The number of nitriles is 1. The summed E-state index contributed by atoms with van der Waals surface area (Å²) in [5, 5.41) is 11.7. The second-order valence-electron chi connectivity index (χ2n) is 3.33. The van der Waals surface area contributed by atoms with E-state index in [9.17, 15) is 4.39 Å². The first-order valence-corrected chi connectivity index (χ1v) is 5.23. The van der Waals surface area contributed by atoms with Crippen molar-refractivity contribution in [2.75, 3.05) is 11.1 Å².